The van der Waals surface area contributed by atoms with Gasteiger partial charge < -0.3 is 4.74 Å². The van der Waals surface area contributed by atoms with Crippen LogP contribution in [0.1, 0.15) is 33.2 Å². The third-order valence-electron chi connectivity index (χ3n) is 6.02. The van der Waals surface area contributed by atoms with E-state index in [2.05, 4.69) is 71.4 Å². The SMILES string of the molecule is O=C1OC2C[C@@H]3c4ccccc4/C(=C\c4cccs4)[C@@]13C=C2c1cccs1. The van der Waals surface area contributed by atoms with E-state index in [1.54, 1.807) is 22.7 Å². The maximum atomic E-state index is 13.3. The fraction of sp³-hybridized carbons (Fsp3) is 0.174. The molecule has 2 bridgehead atoms. The van der Waals surface area contributed by atoms with Gasteiger partial charge in [-0.1, -0.05) is 42.5 Å². The van der Waals surface area contributed by atoms with E-state index < -0.39 is 5.41 Å². The van der Waals surface area contributed by atoms with Gasteiger partial charge in [0.15, 0.2) is 0 Å². The van der Waals surface area contributed by atoms with Crippen molar-refractivity contribution in [1.82, 2.24) is 0 Å². The molecule has 4 heteroatoms. The summed E-state index contributed by atoms with van der Waals surface area (Å²) in [4.78, 5) is 15.7. The van der Waals surface area contributed by atoms with Gasteiger partial charge in [0, 0.05) is 21.2 Å². The lowest BCUT2D eigenvalue weighted by molar-refractivity contribution is -0.161. The molecule has 27 heavy (non-hydrogen) atoms. The van der Waals surface area contributed by atoms with Crippen molar-refractivity contribution in [3.8, 4) is 0 Å². The first-order chi connectivity index (χ1) is 13.3. The largest absolute Gasteiger partial charge is 0.457 e. The zero-order valence-corrected chi connectivity index (χ0v) is 16.1. The molecular formula is C23H16O2S2. The van der Waals surface area contributed by atoms with Crippen molar-refractivity contribution in [3.63, 3.8) is 0 Å². The highest BCUT2D eigenvalue weighted by atomic mass is 32.1. The molecule has 2 nitrogen and oxygen atoms in total. The summed E-state index contributed by atoms with van der Waals surface area (Å²) in [5.41, 5.74) is 4.02. The molecule has 0 radical (unpaired) electrons. The average Bonchev–Trinajstić information content (AvgIpc) is 3.43. The van der Waals surface area contributed by atoms with Gasteiger partial charge in [0.25, 0.3) is 0 Å². The highest BCUT2D eigenvalue weighted by Crippen LogP contribution is 2.65. The van der Waals surface area contributed by atoms with Crippen LogP contribution in [-0.2, 0) is 9.53 Å². The van der Waals surface area contributed by atoms with Crippen molar-refractivity contribution in [2.24, 2.45) is 5.41 Å². The maximum Gasteiger partial charge on any atom is 0.321 e. The van der Waals surface area contributed by atoms with Gasteiger partial charge in [-0.15, -0.1) is 22.7 Å². The quantitative estimate of drug-likeness (QED) is 0.515. The number of ether oxygens (including phenoxy) is 1. The van der Waals surface area contributed by atoms with Gasteiger partial charge >= 0.3 is 5.97 Å². The topological polar surface area (TPSA) is 26.3 Å². The Kier molecular flexibility index (Phi) is 3.20. The number of carbonyl (C=O) groups excluding carboxylic acids is 1. The van der Waals surface area contributed by atoms with Crippen LogP contribution in [0.3, 0.4) is 0 Å². The Morgan fingerprint density at radius 2 is 1.89 bits per heavy atom. The van der Waals surface area contributed by atoms with Gasteiger partial charge in [0.1, 0.15) is 11.5 Å². The molecule has 0 amide bonds. The van der Waals surface area contributed by atoms with E-state index in [0.29, 0.717) is 0 Å². The Hall–Kier alpha value is -2.43. The number of rotatable bonds is 2. The van der Waals surface area contributed by atoms with Crippen molar-refractivity contribution >= 4 is 45.9 Å². The molecule has 2 aromatic heterocycles. The van der Waals surface area contributed by atoms with Crippen molar-refractivity contribution < 1.29 is 9.53 Å². The van der Waals surface area contributed by atoms with E-state index in [9.17, 15) is 4.79 Å². The summed E-state index contributed by atoms with van der Waals surface area (Å²) in [6.07, 6.45) is 5.13. The van der Waals surface area contributed by atoms with E-state index >= 15 is 0 Å². The summed E-state index contributed by atoms with van der Waals surface area (Å²) < 4.78 is 5.97. The molecule has 0 saturated carbocycles. The molecule has 132 valence electrons. The lowest BCUT2D eigenvalue weighted by Gasteiger charge is -2.46. The van der Waals surface area contributed by atoms with Gasteiger partial charge in [-0.05, 0) is 52.1 Å². The molecule has 1 aromatic carbocycles. The highest BCUT2D eigenvalue weighted by Gasteiger charge is 2.62. The Bertz CT molecular complexity index is 1110. The molecule has 4 heterocycles. The van der Waals surface area contributed by atoms with Crippen LogP contribution in [0.25, 0.3) is 17.2 Å². The number of esters is 1. The number of hydrogen-bond donors (Lipinski definition) is 0. The summed E-state index contributed by atoms with van der Waals surface area (Å²) in [6, 6.07) is 16.8. The third kappa shape index (κ3) is 2.03. The summed E-state index contributed by atoms with van der Waals surface area (Å²) in [5.74, 6) is 0.0675. The minimum Gasteiger partial charge on any atom is -0.457 e. The van der Waals surface area contributed by atoms with Crippen LogP contribution in [0.2, 0.25) is 0 Å². The second-order valence-corrected chi connectivity index (χ2v) is 9.22. The van der Waals surface area contributed by atoms with Crippen LogP contribution in [-0.4, -0.2) is 12.1 Å². The summed E-state index contributed by atoms with van der Waals surface area (Å²) in [6.45, 7) is 0. The molecule has 1 unspecified atom stereocenters. The van der Waals surface area contributed by atoms with Crippen LogP contribution in [0.15, 0.2) is 65.4 Å². The fourth-order valence-electron chi connectivity index (χ4n) is 4.91. The lowest BCUT2D eigenvalue weighted by atomic mass is 9.63. The first-order valence-corrected chi connectivity index (χ1v) is 10.9. The Balaban J connectivity index is 1.65. The second kappa shape index (κ2) is 5.54. The van der Waals surface area contributed by atoms with E-state index in [4.69, 9.17) is 4.74 Å². The Morgan fingerprint density at radius 1 is 1.04 bits per heavy atom. The maximum absolute atomic E-state index is 13.3. The van der Waals surface area contributed by atoms with Crippen molar-refractivity contribution in [2.75, 3.05) is 0 Å². The first-order valence-electron chi connectivity index (χ1n) is 9.10. The van der Waals surface area contributed by atoms with E-state index in [-0.39, 0.29) is 18.0 Å². The molecule has 0 N–H and O–H groups in total. The predicted molar refractivity (Wildman–Crippen MR) is 111 cm³/mol. The second-order valence-electron chi connectivity index (χ2n) is 7.29. The molecule has 3 aromatic rings. The van der Waals surface area contributed by atoms with Crippen LogP contribution in [0.4, 0.5) is 0 Å². The lowest BCUT2D eigenvalue weighted by Crippen LogP contribution is -2.48. The first kappa shape index (κ1) is 15.6. The van der Waals surface area contributed by atoms with Gasteiger partial charge in [-0.25, -0.2) is 0 Å². The fourth-order valence-corrected chi connectivity index (χ4v) is 6.35. The number of fused-ring (bicyclic) bond motifs is 2. The zero-order chi connectivity index (χ0) is 18.0. The van der Waals surface area contributed by atoms with Crippen molar-refractivity contribution in [1.29, 1.82) is 0 Å². The third-order valence-corrected chi connectivity index (χ3v) is 7.76. The van der Waals surface area contributed by atoms with Gasteiger partial charge in [-0.2, -0.15) is 0 Å². The monoisotopic (exact) mass is 388 g/mol. The Labute approximate surface area is 165 Å². The Morgan fingerprint density at radius 3 is 2.70 bits per heavy atom. The van der Waals surface area contributed by atoms with Gasteiger partial charge in [-0.3, -0.25) is 4.79 Å². The molecule has 1 saturated heterocycles. The molecule has 2 aliphatic carbocycles. The van der Waals surface area contributed by atoms with E-state index in [1.807, 2.05) is 0 Å². The molecule has 1 spiro atoms. The van der Waals surface area contributed by atoms with Crippen LogP contribution in [0, 0.1) is 5.41 Å². The number of thiophene rings is 2. The molecule has 1 fully saturated rings. The average molecular weight is 389 g/mol. The van der Waals surface area contributed by atoms with Crippen LogP contribution >= 0.6 is 22.7 Å². The number of benzene rings is 1. The standard InChI is InChI=1S/C23H16O2S2/c24-22-23-13-17(21-8-4-10-27-21)20(25-22)12-19(23)16-7-2-1-6-15(16)18(23)11-14-5-3-9-26-14/h1-11,13,19-20H,12H2/b18-11+/t19-,20?,23-/m1/s1. The molecule has 4 aliphatic rings. The van der Waals surface area contributed by atoms with E-state index in [0.717, 1.165) is 12.0 Å². The number of hydrogen-bond acceptors (Lipinski definition) is 4. The minimum atomic E-state index is -0.707. The summed E-state index contributed by atoms with van der Waals surface area (Å²) in [5, 5.41) is 4.16. The van der Waals surface area contributed by atoms with Crippen molar-refractivity contribution in [3.05, 3.63) is 86.2 Å². The molecule has 7 rings (SSSR count). The van der Waals surface area contributed by atoms with Crippen molar-refractivity contribution in [2.45, 2.75) is 18.4 Å². The molecular weight excluding hydrogens is 372 g/mol. The van der Waals surface area contributed by atoms with Gasteiger partial charge in [0.05, 0.1) is 0 Å². The smallest absolute Gasteiger partial charge is 0.321 e. The minimum absolute atomic E-state index is 0.0944. The zero-order valence-electron chi connectivity index (χ0n) is 14.4. The summed E-state index contributed by atoms with van der Waals surface area (Å²) >= 11 is 3.41. The summed E-state index contributed by atoms with van der Waals surface area (Å²) in [7, 11) is 0. The molecule has 3 atom stereocenters. The highest BCUT2D eigenvalue weighted by molar-refractivity contribution is 7.11. The van der Waals surface area contributed by atoms with Crippen LogP contribution in [0.5, 0.6) is 0 Å². The van der Waals surface area contributed by atoms with Gasteiger partial charge in [0.2, 0.25) is 0 Å². The molecule has 2 aliphatic heterocycles. The normalized spacial score (nSPS) is 29.4. The number of carbonyl (C=O) groups is 1. The van der Waals surface area contributed by atoms with Crippen LogP contribution < -0.4 is 0 Å². The van der Waals surface area contributed by atoms with E-state index in [1.165, 1.54) is 26.5 Å². The predicted octanol–water partition coefficient (Wildman–Crippen LogP) is 5.85.